The smallest absolute Gasteiger partial charge is 0.356 e. The van der Waals surface area contributed by atoms with E-state index >= 15 is 0 Å². The fourth-order valence-electron chi connectivity index (χ4n) is 2.16. The molecule has 0 saturated carbocycles. The van der Waals surface area contributed by atoms with Gasteiger partial charge in [0, 0.05) is 31.7 Å². The monoisotopic (exact) mass is 232 g/mol. The molecule has 0 radical (unpaired) electrons. The molecule has 3 rings (SSSR count). The van der Waals surface area contributed by atoms with E-state index in [0.29, 0.717) is 5.65 Å². The summed E-state index contributed by atoms with van der Waals surface area (Å²) >= 11 is 0. The number of aromatic nitrogens is 3. The first-order valence-corrected chi connectivity index (χ1v) is 5.57. The van der Waals surface area contributed by atoms with E-state index in [1.54, 1.807) is 16.8 Å². The maximum absolute atomic E-state index is 10.9. The van der Waals surface area contributed by atoms with E-state index in [1.165, 1.54) is 6.20 Å². The van der Waals surface area contributed by atoms with Crippen LogP contribution in [0, 0.1) is 0 Å². The molecule has 0 amide bonds. The molecule has 0 atom stereocenters. The lowest BCUT2D eigenvalue weighted by Gasteiger charge is -2.16. The van der Waals surface area contributed by atoms with Crippen molar-refractivity contribution in [1.82, 2.24) is 14.4 Å². The van der Waals surface area contributed by atoms with Crippen LogP contribution in [0.3, 0.4) is 0 Å². The molecule has 1 N–H and O–H groups in total. The number of rotatable bonds is 2. The fraction of sp³-hybridized carbons (Fsp3) is 0.364. The molecule has 2 aromatic heterocycles. The second-order valence-corrected chi connectivity index (χ2v) is 4.11. The van der Waals surface area contributed by atoms with Crippen molar-refractivity contribution < 1.29 is 9.90 Å². The Morgan fingerprint density at radius 3 is 2.82 bits per heavy atom. The summed E-state index contributed by atoms with van der Waals surface area (Å²) in [6.45, 7) is 1.92. The maximum atomic E-state index is 10.9. The summed E-state index contributed by atoms with van der Waals surface area (Å²) in [5.41, 5.74) is 0.672. The van der Waals surface area contributed by atoms with Gasteiger partial charge in [-0.05, 0) is 12.8 Å². The normalized spacial score (nSPS) is 15.6. The summed E-state index contributed by atoms with van der Waals surface area (Å²) in [5, 5.41) is 8.93. The van der Waals surface area contributed by atoms with Gasteiger partial charge in [0.1, 0.15) is 0 Å². The van der Waals surface area contributed by atoms with Crippen molar-refractivity contribution in [1.29, 1.82) is 0 Å². The number of aromatic carboxylic acids is 1. The summed E-state index contributed by atoms with van der Waals surface area (Å²) < 4.78 is 1.71. The molecule has 17 heavy (non-hydrogen) atoms. The second kappa shape index (κ2) is 3.73. The lowest BCUT2D eigenvalue weighted by molar-refractivity contribution is 0.0691. The van der Waals surface area contributed by atoms with Crippen LogP contribution in [0.4, 0.5) is 5.82 Å². The van der Waals surface area contributed by atoms with Crippen LogP contribution in [0.1, 0.15) is 23.3 Å². The summed E-state index contributed by atoms with van der Waals surface area (Å²) in [6, 6.07) is 0. The van der Waals surface area contributed by atoms with E-state index in [4.69, 9.17) is 5.11 Å². The van der Waals surface area contributed by atoms with Gasteiger partial charge in [-0.3, -0.25) is 0 Å². The molecule has 0 aliphatic carbocycles. The van der Waals surface area contributed by atoms with Crippen molar-refractivity contribution in [2.75, 3.05) is 18.0 Å². The van der Waals surface area contributed by atoms with Crippen molar-refractivity contribution in [3.8, 4) is 0 Å². The van der Waals surface area contributed by atoms with E-state index in [2.05, 4.69) is 14.9 Å². The molecule has 0 spiro atoms. The zero-order chi connectivity index (χ0) is 11.8. The molecule has 0 bridgehead atoms. The van der Waals surface area contributed by atoms with Gasteiger partial charge in [-0.25, -0.2) is 14.8 Å². The Hall–Kier alpha value is -2.11. The Kier molecular flexibility index (Phi) is 2.21. The molecule has 0 aromatic carbocycles. The highest BCUT2D eigenvalue weighted by molar-refractivity contribution is 5.87. The summed E-state index contributed by atoms with van der Waals surface area (Å²) in [5.74, 6) is -0.237. The van der Waals surface area contributed by atoms with Crippen molar-refractivity contribution in [3.63, 3.8) is 0 Å². The summed E-state index contributed by atoms with van der Waals surface area (Å²) in [7, 11) is 0. The molecule has 1 aliphatic heterocycles. The van der Waals surface area contributed by atoms with Crippen molar-refractivity contribution >= 4 is 17.4 Å². The number of carboxylic acids is 1. The maximum Gasteiger partial charge on any atom is 0.356 e. The minimum absolute atomic E-state index is 0.0541. The highest BCUT2D eigenvalue weighted by atomic mass is 16.4. The van der Waals surface area contributed by atoms with Crippen LogP contribution in [-0.4, -0.2) is 38.5 Å². The standard InChI is InChI=1S/C11H12N4O2/c16-11(17)8-7-15-6-3-12-9(10(15)13-8)14-4-1-2-5-14/h3,6-7H,1-2,4-5H2,(H,16,17). The minimum atomic E-state index is -1.01. The summed E-state index contributed by atoms with van der Waals surface area (Å²) in [6.07, 6.45) is 7.20. The topological polar surface area (TPSA) is 70.7 Å². The van der Waals surface area contributed by atoms with Gasteiger partial charge in [-0.1, -0.05) is 0 Å². The largest absolute Gasteiger partial charge is 0.476 e. The van der Waals surface area contributed by atoms with Crippen LogP contribution in [-0.2, 0) is 0 Å². The molecule has 0 unspecified atom stereocenters. The van der Waals surface area contributed by atoms with Crippen LogP contribution in [0.15, 0.2) is 18.6 Å². The first-order valence-electron chi connectivity index (χ1n) is 5.57. The molecule has 2 aromatic rings. The Labute approximate surface area is 97.5 Å². The molecule has 1 saturated heterocycles. The highest BCUT2D eigenvalue weighted by Crippen LogP contribution is 2.22. The Morgan fingerprint density at radius 2 is 2.12 bits per heavy atom. The average Bonchev–Trinajstić information content (AvgIpc) is 2.97. The van der Waals surface area contributed by atoms with E-state index in [1.807, 2.05) is 0 Å². The quantitative estimate of drug-likeness (QED) is 0.837. The Bertz CT molecular complexity index is 572. The SMILES string of the molecule is O=C(O)c1cn2ccnc(N3CCCC3)c2n1. The number of carboxylic acid groups (broad SMARTS) is 1. The lowest BCUT2D eigenvalue weighted by atomic mass is 10.4. The van der Waals surface area contributed by atoms with Crippen molar-refractivity contribution in [2.45, 2.75) is 12.8 Å². The molecule has 1 fully saturated rings. The van der Waals surface area contributed by atoms with Gasteiger partial charge >= 0.3 is 5.97 Å². The third-order valence-corrected chi connectivity index (χ3v) is 2.98. The predicted molar refractivity (Wildman–Crippen MR) is 61.4 cm³/mol. The average molecular weight is 232 g/mol. The molecule has 1 aliphatic rings. The van der Waals surface area contributed by atoms with Gasteiger partial charge in [-0.15, -0.1) is 0 Å². The molecular formula is C11H12N4O2. The summed E-state index contributed by atoms with van der Waals surface area (Å²) in [4.78, 5) is 21.5. The van der Waals surface area contributed by atoms with Crippen molar-refractivity contribution in [3.05, 3.63) is 24.3 Å². The van der Waals surface area contributed by atoms with Crippen LogP contribution in [0.2, 0.25) is 0 Å². The van der Waals surface area contributed by atoms with Gasteiger partial charge in [0.05, 0.1) is 0 Å². The fourth-order valence-corrected chi connectivity index (χ4v) is 2.16. The highest BCUT2D eigenvalue weighted by Gasteiger charge is 2.19. The molecule has 6 heteroatoms. The first kappa shape index (κ1) is 10.1. The molecule has 88 valence electrons. The molecule has 6 nitrogen and oxygen atoms in total. The van der Waals surface area contributed by atoms with E-state index in [9.17, 15) is 4.79 Å². The first-order chi connectivity index (χ1) is 8.25. The number of nitrogens with zero attached hydrogens (tertiary/aromatic N) is 4. The zero-order valence-corrected chi connectivity index (χ0v) is 9.20. The number of anilines is 1. The van der Waals surface area contributed by atoms with Gasteiger partial charge in [0.25, 0.3) is 0 Å². The van der Waals surface area contributed by atoms with E-state index < -0.39 is 5.97 Å². The second-order valence-electron chi connectivity index (χ2n) is 4.11. The number of hydrogen-bond donors (Lipinski definition) is 1. The predicted octanol–water partition coefficient (Wildman–Crippen LogP) is 1.03. The van der Waals surface area contributed by atoms with Gasteiger partial charge < -0.3 is 14.4 Å². The van der Waals surface area contributed by atoms with Crippen LogP contribution >= 0.6 is 0 Å². The minimum Gasteiger partial charge on any atom is -0.476 e. The molecular weight excluding hydrogens is 220 g/mol. The molecule has 3 heterocycles. The lowest BCUT2D eigenvalue weighted by Crippen LogP contribution is -2.19. The third kappa shape index (κ3) is 1.61. The Morgan fingerprint density at radius 1 is 1.35 bits per heavy atom. The van der Waals surface area contributed by atoms with Gasteiger partial charge in [0.15, 0.2) is 17.2 Å². The van der Waals surface area contributed by atoms with Crippen molar-refractivity contribution in [2.24, 2.45) is 0 Å². The van der Waals surface area contributed by atoms with E-state index in [-0.39, 0.29) is 5.69 Å². The van der Waals surface area contributed by atoms with E-state index in [0.717, 1.165) is 31.7 Å². The van der Waals surface area contributed by atoms with Crippen LogP contribution in [0.5, 0.6) is 0 Å². The zero-order valence-electron chi connectivity index (χ0n) is 9.20. The third-order valence-electron chi connectivity index (χ3n) is 2.98. The number of fused-ring (bicyclic) bond motifs is 1. The Balaban J connectivity index is 2.14. The number of hydrogen-bond acceptors (Lipinski definition) is 4. The van der Waals surface area contributed by atoms with Crippen LogP contribution < -0.4 is 4.90 Å². The number of imidazole rings is 1. The van der Waals surface area contributed by atoms with Gasteiger partial charge in [0.2, 0.25) is 0 Å². The van der Waals surface area contributed by atoms with Crippen LogP contribution in [0.25, 0.3) is 5.65 Å². The van der Waals surface area contributed by atoms with Gasteiger partial charge in [-0.2, -0.15) is 0 Å². The number of carbonyl (C=O) groups is 1.